The molecular weight excluding hydrogens is 458 g/mol. The van der Waals surface area contributed by atoms with Crippen LogP contribution < -0.4 is 10.0 Å². The van der Waals surface area contributed by atoms with E-state index in [-0.39, 0.29) is 41.2 Å². The van der Waals surface area contributed by atoms with Gasteiger partial charge in [-0.05, 0) is 52.0 Å². The number of anilines is 1. The van der Waals surface area contributed by atoms with Gasteiger partial charge >= 0.3 is 18.0 Å². The molecule has 12 heteroatoms. The minimum atomic E-state index is -3.31. The molecular formula is C20H31N3O7S2. The van der Waals surface area contributed by atoms with E-state index in [0.717, 1.165) is 36.9 Å². The summed E-state index contributed by atoms with van der Waals surface area (Å²) in [5.74, 6) is -1.19. The molecule has 1 saturated heterocycles. The highest BCUT2D eigenvalue weighted by molar-refractivity contribution is 7.88. The van der Waals surface area contributed by atoms with Gasteiger partial charge in [0, 0.05) is 19.1 Å². The van der Waals surface area contributed by atoms with Crippen LogP contribution in [0.3, 0.4) is 0 Å². The van der Waals surface area contributed by atoms with E-state index in [0.29, 0.717) is 18.5 Å². The maximum atomic E-state index is 13.1. The summed E-state index contributed by atoms with van der Waals surface area (Å²) in [6.07, 6.45) is 4.08. The molecule has 180 valence electrons. The van der Waals surface area contributed by atoms with Crippen molar-refractivity contribution < 1.29 is 32.3 Å². The molecule has 10 nitrogen and oxygen atoms in total. The van der Waals surface area contributed by atoms with Gasteiger partial charge in [-0.3, -0.25) is 5.32 Å². The molecule has 1 atom stereocenters. The minimum Gasteiger partial charge on any atom is -0.462 e. The predicted molar refractivity (Wildman–Crippen MR) is 122 cm³/mol. The molecule has 0 saturated carbocycles. The lowest BCUT2D eigenvalue weighted by Gasteiger charge is -2.35. The van der Waals surface area contributed by atoms with Gasteiger partial charge in [-0.1, -0.05) is 0 Å². The van der Waals surface area contributed by atoms with E-state index in [2.05, 4.69) is 10.0 Å². The van der Waals surface area contributed by atoms with Gasteiger partial charge in [0.1, 0.15) is 9.88 Å². The summed E-state index contributed by atoms with van der Waals surface area (Å²) < 4.78 is 35.3. The fraction of sp³-hybridized carbons (Fsp3) is 0.650. The third-order valence-corrected chi connectivity index (χ3v) is 6.95. The Kier molecular flexibility index (Phi) is 9.47. The maximum Gasteiger partial charge on any atom is 0.348 e. The van der Waals surface area contributed by atoms with Gasteiger partial charge in [-0.25, -0.2) is 27.5 Å². The monoisotopic (exact) mass is 489 g/mol. The molecule has 2 rings (SSSR count). The molecule has 1 aromatic rings. The van der Waals surface area contributed by atoms with Gasteiger partial charge in [-0.15, -0.1) is 11.3 Å². The largest absolute Gasteiger partial charge is 0.462 e. The standard InChI is InChI=1S/C20H31N3O7S2/c1-5-29-18(24)15-13(3)16(19(25)30-6-2)31-17(15)22-20(26)23-12-8-7-9-14(23)10-11-21-32(4,27)28/h14,21H,5-12H2,1-4H3,(H,22,26). The Balaban J connectivity index is 2.24. The smallest absolute Gasteiger partial charge is 0.348 e. The van der Waals surface area contributed by atoms with Crippen molar-refractivity contribution in [3.63, 3.8) is 0 Å². The van der Waals surface area contributed by atoms with Gasteiger partial charge in [0.25, 0.3) is 0 Å². The average molecular weight is 490 g/mol. The molecule has 1 fully saturated rings. The molecule has 1 unspecified atom stereocenters. The van der Waals surface area contributed by atoms with Crippen LogP contribution in [0.2, 0.25) is 0 Å². The average Bonchev–Trinajstić information content (AvgIpc) is 3.03. The quantitative estimate of drug-likeness (QED) is 0.510. The first-order valence-corrected chi connectivity index (χ1v) is 13.3. The van der Waals surface area contributed by atoms with Gasteiger partial charge in [0.2, 0.25) is 10.0 Å². The van der Waals surface area contributed by atoms with Crippen LogP contribution in [0.4, 0.5) is 9.80 Å². The number of sulfonamides is 1. The van der Waals surface area contributed by atoms with Crippen LogP contribution in [-0.4, -0.2) is 69.9 Å². The topological polar surface area (TPSA) is 131 Å². The molecule has 0 radical (unpaired) electrons. The van der Waals surface area contributed by atoms with Crippen LogP contribution in [-0.2, 0) is 19.5 Å². The van der Waals surface area contributed by atoms with Crippen molar-refractivity contribution in [2.75, 3.05) is 37.9 Å². The highest BCUT2D eigenvalue weighted by atomic mass is 32.2. The number of piperidine rings is 1. The minimum absolute atomic E-state index is 0.139. The summed E-state index contributed by atoms with van der Waals surface area (Å²) in [6, 6.07) is -0.550. The lowest BCUT2D eigenvalue weighted by molar-refractivity contribution is 0.0527. The van der Waals surface area contributed by atoms with Crippen molar-refractivity contribution in [3.8, 4) is 0 Å². The summed E-state index contributed by atoms with van der Waals surface area (Å²) in [7, 11) is -3.31. The van der Waals surface area contributed by atoms with E-state index in [9.17, 15) is 22.8 Å². The lowest BCUT2D eigenvalue weighted by atomic mass is 10.00. The number of carbonyl (C=O) groups excluding carboxylic acids is 3. The zero-order valence-electron chi connectivity index (χ0n) is 18.9. The fourth-order valence-corrected chi connectivity index (χ4v) is 5.16. The third-order valence-electron chi connectivity index (χ3n) is 5.04. The second kappa shape index (κ2) is 11.6. The first-order valence-electron chi connectivity index (χ1n) is 10.6. The predicted octanol–water partition coefficient (Wildman–Crippen LogP) is 2.74. The van der Waals surface area contributed by atoms with E-state index < -0.39 is 28.0 Å². The van der Waals surface area contributed by atoms with Crippen LogP contribution in [0.1, 0.15) is 65.1 Å². The molecule has 32 heavy (non-hydrogen) atoms. The number of nitrogens with zero attached hydrogens (tertiary/aromatic N) is 1. The Morgan fingerprint density at radius 2 is 1.78 bits per heavy atom. The zero-order chi connectivity index (χ0) is 23.9. The Morgan fingerprint density at radius 3 is 2.41 bits per heavy atom. The van der Waals surface area contributed by atoms with Gasteiger partial charge in [-0.2, -0.15) is 0 Å². The summed E-state index contributed by atoms with van der Waals surface area (Å²) in [5.41, 5.74) is 0.537. The SMILES string of the molecule is CCOC(=O)c1sc(NC(=O)N2CCCCC2CCNS(C)(=O)=O)c(C(=O)OCC)c1C. The second-order valence-electron chi connectivity index (χ2n) is 7.43. The Labute approximate surface area is 192 Å². The number of hydrogen-bond donors (Lipinski definition) is 2. The van der Waals surface area contributed by atoms with Crippen LogP contribution in [0.15, 0.2) is 0 Å². The van der Waals surface area contributed by atoms with Crippen LogP contribution in [0.25, 0.3) is 0 Å². The van der Waals surface area contributed by atoms with Crippen molar-refractivity contribution in [2.45, 2.75) is 52.5 Å². The highest BCUT2D eigenvalue weighted by Gasteiger charge is 2.31. The van der Waals surface area contributed by atoms with E-state index in [1.807, 2.05) is 0 Å². The number of esters is 2. The molecule has 1 aliphatic heterocycles. The van der Waals surface area contributed by atoms with E-state index in [1.165, 1.54) is 0 Å². The maximum absolute atomic E-state index is 13.1. The number of amides is 2. The zero-order valence-corrected chi connectivity index (χ0v) is 20.5. The van der Waals surface area contributed by atoms with E-state index in [4.69, 9.17) is 9.47 Å². The molecule has 2 amide bonds. The van der Waals surface area contributed by atoms with Crippen molar-refractivity contribution in [2.24, 2.45) is 0 Å². The van der Waals surface area contributed by atoms with Crippen LogP contribution in [0, 0.1) is 6.92 Å². The second-order valence-corrected chi connectivity index (χ2v) is 10.3. The molecule has 0 aromatic carbocycles. The molecule has 0 bridgehead atoms. The molecule has 1 aliphatic rings. The van der Waals surface area contributed by atoms with E-state index in [1.54, 1.807) is 25.7 Å². The van der Waals surface area contributed by atoms with Crippen LogP contribution >= 0.6 is 11.3 Å². The number of hydrogen-bond acceptors (Lipinski definition) is 8. The summed E-state index contributed by atoms with van der Waals surface area (Å²) in [4.78, 5) is 39.8. The number of nitrogens with one attached hydrogen (secondary N) is 2. The summed E-state index contributed by atoms with van der Waals surface area (Å²) in [6.45, 7) is 6.05. The Hall–Kier alpha value is -2.18. The molecule has 1 aromatic heterocycles. The van der Waals surface area contributed by atoms with Crippen LogP contribution in [0.5, 0.6) is 0 Å². The number of urea groups is 1. The van der Waals surface area contributed by atoms with Crippen molar-refractivity contribution >= 4 is 44.3 Å². The number of rotatable bonds is 9. The summed E-state index contributed by atoms with van der Waals surface area (Å²) >= 11 is 0.978. The molecule has 2 heterocycles. The number of thiophene rings is 1. The summed E-state index contributed by atoms with van der Waals surface area (Å²) in [5, 5.41) is 3.00. The lowest BCUT2D eigenvalue weighted by Crippen LogP contribution is -2.47. The Bertz CT molecular complexity index is 943. The first-order chi connectivity index (χ1) is 15.1. The Morgan fingerprint density at radius 1 is 1.12 bits per heavy atom. The van der Waals surface area contributed by atoms with Gasteiger partial charge in [0.05, 0.1) is 25.0 Å². The van der Waals surface area contributed by atoms with Gasteiger partial charge < -0.3 is 14.4 Å². The molecule has 2 N–H and O–H groups in total. The van der Waals surface area contributed by atoms with Crippen molar-refractivity contribution in [1.82, 2.24) is 9.62 Å². The number of ether oxygens (including phenoxy) is 2. The molecule has 0 spiro atoms. The number of likely N-dealkylation sites (tertiary alicyclic amines) is 1. The fourth-order valence-electron chi connectivity index (χ4n) is 3.59. The molecule has 0 aliphatic carbocycles. The number of carbonyl (C=O) groups is 3. The van der Waals surface area contributed by atoms with Crippen molar-refractivity contribution in [3.05, 3.63) is 16.0 Å². The van der Waals surface area contributed by atoms with E-state index >= 15 is 0 Å². The van der Waals surface area contributed by atoms with Gasteiger partial charge in [0.15, 0.2) is 0 Å². The highest BCUT2D eigenvalue weighted by Crippen LogP contribution is 2.35. The van der Waals surface area contributed by atoms with Crippen molar-refractivity contribution in [1.29, 1.82) is 0 Å². The third kappa shape index (κ3) is 6.91. The first kappa shape index (κ1) is 26.1. The normalized spacial score (nSPS) is 16.5.